The first kappa shape index (κ1) is 12.4. The van der Waals surface area contributed by atoms with E-state index >= 15 is 0 Å². The molecule has 2 rings (SSSR count). The molecular weight excluding hydrogens is 228 g/mol. The van der Waals surface area contributed by atoms with Crippen molar-refractivity contribution in [1.82, 2.24) is 5.32 Å². The van der Waals surface area contributed by atoms with Crippen molar-refractivity contribution in [1.29, 1.82) is 5.26 Å². The van der Waals surface area contributed by atoms with Crippen LogP contribution in [0, 0.1) is 11.3 Å². The Labute approximate surface area is 107 Å². The molecule has 1 heterocycles. The normalized spacial score (nSPS) is 14.4. The third-order valence-electron chi connectivity index (χ3n) is 3.14. The van der Waals surface area contributed by atoms with Crippen molar-refractivity contribution in [3.8, 4) is 6.07 Å². The highest BCUT2D eigenvalue weighted by Crippen LogP contribution is 2.33. The van der Waals surface area contributed by atoms with Crippen molar-refractivity contribution < 1.29 is 4.79 Å². The predicted molar refractivity (Wildman–Crippen MR) is 70.7 cm³/mol. The number of fused-ring (bicyclic) bond motifs is 1. The second-order valence-electron chi connectivity index (χ2n) is 4.29. The maximum atomic E-state index is 11.9. The fraction of sp³-hybridized carbons (Fsp3) is 0.385. The van der Waals surface area contributed by atoms with Gasteiger partial charge in [0.2, 0.25) is 5.91 Å². The van der Waals surface area contributed by atoms with Crippen molar-refractivity contribution >= 4 is 17.3 Å². The molecule has 0 spiro atoms. The van der Waals surface area contributed by atoms with E-state index in [1.54, 1.807) is 18.0 Å². The number of likely N-dealkylation sites (N-methyl/N-ethyl adjacent to an activating group) is 2. The Morgan fingerprint density at radius 3 is 2.89 bits per heavy atom. The highest BCUT2D eigenvalue weighted by molar-refractivity contribution is 6.02. The third-order valence-corrected chi connectivity index (χ3v) is 3.14. The molecule has 0 atom stereocenters. The van der Waals surface area contributed by atoms with Gasteiger partial charge in [-0.3, -0.25) is 4.79 Å². The summed E-state index contributed by atoms with van der Waals surface area (Å²) in [5, 5.41) is 12.0. The van der Waals surface area contributed by atoms with E-state index in [0.29, 0.717) is 12.1 Å². The van der Waals surface area contributed by atoms with Crippen LogP contribution < -0.4 is 15.1 Å². The van der Waals surface area contributed by atoms with Crippen LogP contribution in [0.5, 0.6) is 0 Å². The van der Waals surface area contributed by atoms with Gasteiger partial charge in [-0.15, -0.1) is 0 Å². The molecule has 0 bridgehead atoms. The number of hydrogen-bond donors (Lipinski definition) is 1. The minimum Gasteiger partial charge on any atom is -0.359 e. The molecule has 5 nitrogen and oxygen atoms in total. The first-order chi connectivity index (χ1) is 8.67. The Hall–Kier alpha value is -2.06. The maximum absolute atomic E-state index is 11.9. The number of hydrogen-bond acceptors (Lipinski definition) is 4. The largest absolute Gasteiger partial charge is 0.359 e. The van der Waals surface area contributed by atoms with Gasteiger partial charge in [0.25, 0.3) is 0 Å². The molecule has 0 unspecified atom stereocenters. The molecule has 0 saturated heterocycles. The summed E-state index contributed by atoms with van der Waals surface area (Å²) in [6, 6.07) is 7.55. The van der Waals surface area contributed by atoms with Gasteiger partial charge in [-0.25, -0.2) is 0 Å². The first-order valence-electron chi connectivity index (χ1n) is 5.87. The zero-order valence-corrected chi connectivity index (χ0v) is 10.6. The van der Waals surface area contributed by atoms with Gasteiger partial charge in [-0.1, -0.05) is 0 Å². The van der Waals surface area contributed by atoms with Crippen LogP contribution in [0.15, 0.2) is 18.2 Å². The number of nitrogens with one attached hydrogen (secondary N) is 1. The van der Waals surface area contributed by atoms with Crippen LogP contribution in [-0.4, -0.2) is 39.6 Å². The standard InChI is InChI=1S/C13H16N4O/c1-15-5-6-17-9-13(18)16(2)11-4-3-10(8-14)7-12(11)17/h3-4,7,15H,5-6,9H2,1-2H3. The summed E-state index contributed by atoms with van der Waals surface area (Å²) >= 11 is 0. The fourth-order valence-electron chi connectivity index (χ4n) is 2.07. The van der Waals surface area contributed by atoms with E-state index < -0.39 is 0 Å². The van der Waals surface area contributed by atoms with Gasteiger partial charge in [0, 0.05) is 20.1 Å². The number of carbonyl (C=O) groups excluding carboxylic acids is 1. The van der Waals surface area contributed by atoms with Crippen molar-refractivity contribution in [2.75, 3.05) is 43.5 Å². The zero-order chi connectivity index (χ0) is 13.1. The van der Waals surface area contributed by atoms with Gasteiger partial charge < -0.3 is 15.1 Å². The van der Waals surface area contributed by atoms with Crippen LogP contribution in [0.3, 0.4) is 0 Å². The number of carbonyl (C=O) groups is 1. The van der Waals surface area contributed by atoms with Crippen LogP contribution in [0.25, 0.3) is 0 Å². The van der Waals surface area contributed by atoms with Crippen molar-refractivity contribution in [2.45, 2.75) is 0 Å². The smallest absolute Gasteiger partial charge is 0.246 e. The Morgan fingerprint density at radius 2 is 2.22 bits per heavy atom. The van der Waals surface area contributed by atoms with Crippen molar-refractivity contribution in [2.24, 2.45) is 0 Å². The quantitative estimate of drug-likeness (QED) is 0.844. The zero-order valence-electron chi connectivity index (χ0n) is 10.6. The highest BCUT2D eigenvalue weighted by atomic mass is 16.2. The third kappa shape index (κ3) is 2.15. The SMILES string of the molecule is CNCCN1CC(=O)N(C)c2ccc(C#N)cc21. The molecule has 5 heteroatoms. The molecular formula is C13H16N4O. The van der Waals surface area contributed by atoms with Crippen LogP contribution >= 0.6 is 0 Å². The van der Waals surface area contributed by atoms with Gasteiger partial charge in [0.05, 0.1) is 29.6 Å². The molecule has 0 aliphatic carbocycles. The maximum Gasteiger partial charge on any atom is 0.246 e. The molecule has 1 aromatic carbocycles. The van der Waals surface area contributed by atoms with E-state index in [1.165, 1.54) is 0 Å². The van der Waals surface area contributed by atoms with Crippen LogP contribution in [0.4, 0.5) is 11.4 Å². The Morgan fingerprint density at radius 1 is 1.44 bits per heavy atom. The topological polar surface area (TPSA) is 59.4 Å². The fourth-order valence-corrected chi connectivity index (χ4v) is 2.07. The van der Waals surface area contributed by atoms with E-state index in [0.717, 1.165) is 24.5 Å². The minimum absolute atomic E-state index is 0.0725. The number of nitriles is 1. The van der Waals surface area contributed by atoms with E-state index in [4.69, 9.17) is 5.26 Å². The first-order valence-corrected chi connectivity index (χ1v) is 5.87. The van der Waals surface area contributed by atoms with Gasteiger partial charge in [-0.05, 0) is 25.2 Å². The van der Waals surface area contributed by atoms with Crippen LogP contribution in [-0.2, 0) is 4.79 Å². The summed E-state index contributed by atoms with van der Waals surface area (Å²) < 4.78 is 0. The monoisotopic (exact) mass is 244 g/mol. The molecule has 1 aliphatic rings. The van der Waals surface area contributed by atoms with E-state index in [1.807, 2.05) is 24.1 Å². The Kier molecular flexibility index (Phi) is 3.49. The van der Waals surface area contributed by atoms with Crippen molar-refractivity contribution in [3.63, 3.8) is 0 Å². The second kappa shape index (κ2) is 5.07. The summed E-state index contributed by atoms with van der Waals surface area (Å²) in [4.78, 5) is 15.5. The van der Waals surface area contributed by atoms with Crippen LogP contribution in [0.2, 0.25) is 0 Å². The van der Waals surface area contributed by atoms with Gasteiger partial charge >= 0.3 is 0 Å². The molecule has 0 saturated carbocycles. The molecule has 0 aromatic heterocycles. The molecule has 1 N–H and O–H groups in total. The lowest BCUT2D eigenvalue weighted by Gasteiger charge is -2.35. The summed E-state index contributed by atoms with van der Waals surface area (Å²) in [5.74, 6) is 0.0725. The molecule has 1 amide bonds. The number of nitrogens with zero attached hydrogens (tertiary/aromatic N) is 3. The van der Waals surface area contributed by atoms with E-state index in [-0.39, 0.29) is 5.91 Å². The van der Waals surface area contributed by atoms with Crippen LogP contribution in [0.1, 0.15) is 5.56 Å². The highest BCUT2D eigenvalue weighted by Gasteiger charge is 2.26. The molecule has 0 radical (unpaired) electrons. The second-order valence-corrected chi connectivity index (χ2v) is 4.29. The summed E-state index contributed by atoms with van der Waals surface area (Å²) in [7, 11) is 3.65. The number of amides is 1. The molecule has 0 fully saturated rings. The Balaban J connectivity index is 2.40. The molecule has 1 aliphatic heterocycles. The number of benzene rings is 1. The summed E-state index contributed by atoms with van der Waals surface area (Å²) in [5.41, 5.74) is 2.43. The summed E-state index contributed by atoms with van der Waals surface area (Å²) in [6.45, 7) is 1.91. The molecule has 1 aromatic rings. The summed E-state index contributed by atoms with van der Waals surface area (Å²) in [6.07, 6.45) is 0. The van der Waals surface area contributed by atoms with Gasteiger partial charge in [0.1, 0.15) is 0 Å². The lowest BCUT2D eigenvalue weighted by Crippen LogP contribution is -2.45. The van der Waals surface area contributed by atoms with Gasteiger partial charge in [-0.2, -0.15) is 5.26 Å². The average molecular weight is 244 g/mol. The van der Waals surface area contributed by atoms with Crippen molar-refractivity contribution in [3.05, 3.63) is 23.8 Å². The predicted octanol–water partition coefficient (Wildman–Crippen LogP) is 0.560. The van der Waals surface area contributed by atoms with E-state index in [9.17, 15) is 4.79 Å². The minimum atomic E-state index is 0.0725. The number of rotatable bonds is 3. The Bertz CT molecular complexity index is 506. The van der Waals surface area contributed by atoms with Gasteiger partial charge in [0.15, 0.2) is 0 Å². The molecule has 18 heavy (non-hydrogen) atoms. The number of anilines is 2. The molecule has 94 valence electrons. The van der Waals surface area contributed by atoms with E-state index in [2.05, 4.69) is 11.4 Å². The average Bonchev–Trinajstić information content (AvgIpc) is 2.40. The lowest BCUT2D eigenvalue weighted by molar-refractivity contribution is -0.117. The lowest BCUT2D eigenvalue weighted by atomic mass is 10.1.